The second-order valence-corrected chi connectivity index (χ2v) is 4.79. The lowest BCUT2D eigenvalue weighted by Gasteiger charge is -2.11. The molecule has 0 aliphatic carbocycles. The van der Waals surface area contributed by atoms with E-state index < -0.39 is 28.4 Å². The molecule has 1 aromatic rings. The van der Waals surface area contributed by atoms with Gasteiger partial charge in [-0.25, -0.2) is 0 Å². The summed E-state index contributed by atoms with van der Waals surface area (Å²) >= 11 is 1.57. The van der Waals surface area contributed by atoms with Gasteiger partial charge in [0, 0.05) is 17.8 Å². The molecule has 0 saturated heterocycles. The lowest BCUT2D eigenvalue weighted by atomic mass is 10.2. The number of nitro benzene ring substituents is 1. The Balaban J connectivity index is 2.70. The van der Waals surface area contributed by atoms with Crippen molar-refractivity contribution in [3.8, 4) is 0 Å². The predicted molar refractivity (Wildman–Crippen MR) is 72.7 cm³/mol. The summed E-state index contributed by atoms with van der Waals surface area (Å²) in [6.07, 6.45) is 2.40. The van der Waals surface area contributed by atoms with Crippen LogP contribution in [0.1, 0.15) is 6.42 Å². The van der Waals surface area contributed by atoms with E-state index in [4.69, 9.17) is 5.73 Å². The van der Waals surface area contributed by atoms with Crippen molar-refractivity contribution in [3.63, 3.8) is 0 Å². The minimum atomic E-state index is -1.000. The zero-order chi connectivity index (χ0) is 14.4. The largest absolute Gasteiger partial charge is 0.325 e. The Bertz CT molecular complexity index is 484. The van der Waals surface area contributed by atoms with Gasteiger partial charge in [-0.15, -0.1) is 0 Å². The SMILES string of the molecule is CSCC[C@@H](N)C(=O)Nc1ccc([N+](=O)[O-])c(F)c1. The zero-order valence-electron chi connectivity index (χ0n) is 10.3. The number of rotatable bonds is 6. The predicted octanol–water partition coefficient (Wildman–Crippen LogP) is 1.75. The second kappa shape index (κ2) is 7.05. The van der Waals surface area contributed by atoms with E-state index in [1.165, 1.54) is 6.07 Å². The third-order valence-electron chi connectivity index (χ3n) is 2.38. The van der Waals surface area contributed by atoms with Crippen LogP contribution in [0.5, 0.6) is 0 Å². The average molecular weight is 287 g/mol. The number of nitrogens with zero attached hydrogens (tertiary/aromatic N) is 1. The minimum absolute atomic E-state index is 0.146. The number of benzene rings is 1. The van der Waals surface area contributed by atoms with Gasteiger partial charge in [-0.3, -0.25) is 14.9 Å². The van der Waals surface area contributed by atoms with Crippen LogP contribution in [0.2, 0.25) is 0 Å². The molecule has 0 aliphatic rings. The van der Waals surface area contributed by atoms with Crippen molar-refractivity contribution in [2.45, 2.75) is 12.5 Å². The number of carbonyl (C=O) groups excluding carboxylic acids is 1. The monoisotopic (exact) mass is 287 g/mol. The number of amides is 1. The molecule has 0 radical (unpaired) electrons. The number of thioether (sulfide) groups is 1. The molecule has 0 unspecified atom stereocenters. The van der Waals surface area contributed by atoms with E-state index in [9.17, 15) is 19.3 Å². The molecule has 0 fully saturated rings. The van der Waals surface area contributed by atoms with Crippen molar-refractivity contribution < 1.29 is 14.1 Å². The molecule has 3 N–H and O–H groups in total. The van der Waals surface area contributed by atoms with E-state index >= 15 is 0 Å². The molecular formula is C11H14FN3O3S. The van der Waals surface area contributed by atoms with Crippen LogP contribution in [0, 0.1) is 15.9 Å². The molecule has 0 saturated carbocycles. The standard InChI is InChI=1S/C11H14FN3O3S/c1-19-5-4-9(13)11(16)14-7-2-3-10(15(17)18)8(12)6-7/h2-3,6,9H,4-5,13H2,1H3,(H,14,16)/t9-/m1/s1. The van der Waals surface area contributed by atoms with Crippen LogP contribution in [0.15, 0.2) is 18.2 Å². The van der Waals surface area contributed by atoms with Gasteiger partial charge in [0.15, 0.2) is 0 Å². The molecule has 0 spiro atoms. The summed E-state index contributed by atoms with van der Waals surface area (Å²) in [5, 5.41) is 12.9. The summed E-state index contributed by atoms with van der Waals surface area (Å²) in [6, 6.07) is 2.47. The van der Waals surface area contributed by atoms with Crippen LogP contribution in [0.3, 0.4) is 0 Å². The summed E-state index contributed by atoms with van der Waals surface area (Å²) in [4.78, 5) is 21.3. The highest BCUT2D eigenvalue weighted by Gasteiger charge is 2.17. The van der Waals surface area contributed by atoms with Gasteiger partial charge in [-0.05, 0) is 24.5 Å². The molecule has 19 heavy (non-hydrogen) atoms. The van der Waals surface area contributed by atoms with E-state index in [1.807, 2.05) is 6.26 Å². The van der Waals surface area contributed by atoms with E-state index in [2.05, 4.69) is 5.32 Å². The highest BCUT2D eigenvalue weighted by Crippen LogP contribution is 2.20. The first-order chi connectivity index (χ1) is 8.95. The van der Waals surface area contributed by atoms with E-state index in [0.29, 0.717) is 6.42 Å². The molecule has 0 aromatic heterocycles. The van der Waals surface area contributed by atoms with Gasteiger partial charge in [-0.1, -0.05) is 0 Å². The molecule has 104 valence electrons. The maximum atomic E-state index is 13.3. The van der Waals surface area contributed by atoms with Crippen LogP contribution in [-0.2, 0) is 4.79 Å². The van der Waals surface area contributed by atoms with Crippen molar-refractivity contribution >= 4 is 29.0 Å². The highest BCUT2D eigenvalue weighted by molar-refractivity contribution is 7.98. The third-order valence-corrected chi connectivity index (χ3v) is 3.03. The fourth-order valence-corrected chi connectivity index (χ4v) is 1.83. The number of carbonyl (C=O) groups is 1. The number of halogens is 1. The fraction of sp³-hybridized carbons (Fsp3) is 0.364. The fourth-order valence-electron chi connectivity index (χ4n) is 1.34. The van der Waals surface area contributed by atoms with Gasteiger partial charge in [0.25, 0.3) is 0 Å². The Labute approximate surface area is 113 Å². The van der Waals surface area contributed by atoms with Crippen LogP contribution in [0.25, 0.3) is 0 Å². The number of nitro groups is 1. The first kappa shape index (κ1) is 15.4. The summed E-state index contributed by atoms with van der Waals surface area (Å²) in [6.45, 7) is 0. The minimum Gasteiger partial charge on any atom is -0.325 e. The van der Waals surface area contributed by atoms with Crippen molar-refractivity contribution in [2.24, 2.45) is 5.73 Å². The van der Waals surface area contributed by atoms with Gasteiger partial charge in [-0.2, -0.15) is 16.2 Å². The van der Waals surface area contributed by atoms with Gasteiger partial charge >= 0.3 is 5.69 Å². The average Bonchev–Trinajstić information content (AvgIpc) is 2.35. The molecule has 0 heterocycles. The number of nitrogens with two attached hydrogens (primary N) is 1. The Morgan fingerprint density at radius 2 is 2.32 bits per heavy atom. The molecule has 0 bridgehead atoms. The lowest BCUT2D eigenvalue weighted by Crippen LogP contribution is -2.36. The smallest absolute Gasteiger partial charge is 0.304 e. The van der Waals surface area contributed by atoms with Crippen molar-refractivity contribution in [3.05, 3.63) is 34.1 Å². The quantitative estimate of drug-likeness (QED) is 0.613. The molecular weight excluding hydrogens is 273 g/mol. The van der Waals surface area contributed by atoms with Crippen LogP contribution in [0.4, 0.5) is 15.8 Å². The van der Waals surface area contributed by atoms with Gasteiger partial charge < -0.3 is 11.1 Å². The first-order valence-electron chi connectivity index (χ1n) is 5.45. The first-order valence-corrected chi connectivity index (χ1v) is 6.84. The number of nitrogens with one attached hydrogen (secondary N) is 1. The molecule has 1 amide bonds. The van der Waals surface area contributed by atoms with E-state index in [1.54, 1.807) is 11.8 Å². The van der Waals surface area contributed by atoms with E-state index in [-0.39, 0.29) is 5.69 Å². The summed E-state index contributed by atoms with van der Waals surface area (Å²) in [5.41, 5.74) is 5.15. The Hall–Kier alpha value is -1.67. The van der Waals surface area contributed by atoms with Crippen molar-refractivity contribution in [1.29, 1.82) is 0 Å². The number of hydrogen-bond acceptors (Lipinski definition) is 5. The zero-order valence-corrected chi connectivity index (χ0v) is 11.1. The Morgan fingerprint density at radius 1 is 1.63 bits per heavy atom. The molecule has 8 heteroatoms. The Morgan fingerprint density at radius 3 is 2.84 bits per heavy atom. The van der Waals surface area contributed by atoms with Gasteiger partial charge in [0.2, 0.25) is 11.7 Å². The topological polar surface area (TPSA) is 98.3 Å². The molecule has 0 aliphatic heterocycles. The molecule has 1 atom stereocenters. The van der Waals surface area contributed by atoms with Crippen LogP contribution >= 0.6 is 11.8 Å². The molecule has 6 nitrogen and oxygen atoms in total. The van der Waals surface area contributed by atoms with Crippen molar-refractivity contribution in [1.82, 2.24) is 0 Å². The number of hydrogen-bond donors (Lipinski definition) is 2. The Kier molecular flexibility index (Phi) is 5.71. The highest BCUT2D eigenvalue weighted by atomic mass is 32.2. The van der Waals surface area contributed by atoms with Crippen molar-refractivity contribution in [2.75, 3.05) is 17.3 Å². The second-order valence-electron chi connectivity index (χ2n) is 3.80. The third kappa shape index (κ3) is 4.49. The molecule has 1 aromatic carbocycles. The summed E-state index contributed by atoms with van der Waals surface area (Å²) in [5.74, 6) is -0.703. The summed E-state index contributed by atoms with van der Waals surface area (Å²) in [7, 11) is 0. The summed E-state index contributed by atoms with van der Waals surface area (Å²) < 4.78 is 13.3. The van der Waals surface area contributed by atoms with Gasteiger partial charge in [0.05, 0.1) is 11.0 Å². The van der Waals surface area contributed by atoms with Crippen LogP contribution < -0.4 is 11.1 Å². The maximum Gasteiger partial charge on any atom is 0.304 e. The normalized spacial score (nSPS) is 11.9. The maximum absolute atomic E-state index is 13.3. The van der Waals surface area contributed by atoms with Crippen LogP contribution in [-0.4, -0.2) is 28.9 Å². The molecule has 1 rings (SSSR count). The van der Waals surface area contributed by atoms with Gasteiger partial charge in [0.1, 0.15) is 0 Å². The lowest BCUT2D eigenvalue weighted by molar-refractivity contribution is -0.387. The van der Waals surface area contributed by atoms with E-state index in [0.717, 1.165) is 17.9 Å². The number of anilines is 1.